The third-order valence-corrected chi connectivity index (χ3v) is 4.92. The van der Waals surface area contributed by atoms with Crippen molar-refractivity contribution in [1.29, 1.82) is 0 Å². The molecule has 2 aromatic carbocycles. The molecule has 0 atom stereocenters. The lowest BCUT2D eigenvalue weighted by atomic mass is 10.2. The van der Waals surface area contributed by atoms with E-state index in [0.29, 0.717) is 10.3 Å². The fourth-order valence-electron chi connectivity index (χ4n) is 2.00. The molecule has 0 saturated heterocycles. The molecule has 0 fully saturated rings. The van der Waals surface area contributed by atoms with E-state index >= 15 is 0 Å². The first kappa shape index (κ1) is 14.1. The van der Waals surface area contributed by atoms with E-state index in [9.17, 15) is 9.18 Å². The molecular formula is C16H12FNOS2. The Morgan fingerprint density at radius 1 is 1.19 bits per heavy atom. The number of carbonyl (C=O) groups excluding carboxylic acids is 1. The highest BCUT2D eigenvalue weighted by atomic mass is 32.2. The zero-order valence-corrected chi connectivity index (χ0v) is 12.9. The van der Waals surface area contributed by atoms with Crippen molar-refractivity contribution < 1.29 is 9.18 Å². The molecule has 0 radical (unpaired) electrons. The molecule has 0 bridgehead atoms. The first-order valence-electron chi connectivity index (χ1n) is 6.31. The number of thiophene rings is 1. The number of anilines is 1. The van der Waals surface area contributed by atoms with Gasteiger partial charge in [0.15, 0.2) is 0 Å². The summed E-state index contributed by atoms with van der Waals surface area (Å²) in [5.41, 5.74) is 0.732. The number of halogens is 1. The predicted octanol–water partition coefficient (Wildman–Crippen LogP) is 5.01. The van der Waals surface area contributed by atoms with Crippen molar-refractivity contribution in [2.24, 2.45) is 0 Å². The molecule has 0 aliphatic carbocycles. The number of nitrogens with one attached hydrogen (secondary N) is 1. The first-order valence-corrected chi connectivity index (χ1v) is 8.35. The van der Waals surface area contributed by atoms with Crippen LogP contribution in [-0.4, -0.2) is 12.2 Å². The monoisotopic (exact) mass is 317 g/mol. The topological polar surface area (TPSA) is 29.1 Å². The van der Waals surface area contributed by atoms with Gasteiger partial charge in [-0.3, -0.25) is 4.79 Å². The summed E-state index contributed by atoms with van der Waals surface area (Å²) in [6.07, 6.45) is 2.00. The van der Waals surface area contributed by atoms with Crippen LogP contribution in [-0.2, 0) is 0 Å². The summed E-state index contributed by atoms with van der Waals surface area (Å²) in [5.74, 6) is -0.514. The van der Waals surface area contributed by atoms with Crippen molar-refractivity contribution in [1.82, 2.24) is 0 Å². The average molecular weight is 317 g/mol. The fourth-order valence-corrected chi connectivity index (χ4v) is 3.38. The van der Waals surface area contributed by atoms with Crippen LogP contribution in [0.2, 0.25) is 0 Å². The molecule has 1 amide bonds. The van der Waals surface area contributed by atoms with Gasteiger partial charge in [0.25, 0.3) is 5.91 Å². The molecule has 2 nitrogen and oxygen atoms in total. The lowest BCUT2D eigenvalue weighted by Crippen LogP contribution is -2.09. The van der Waals surface area contributed by atoms with Crippen LogP contribution in [0.4, 0.5) is 10.1 Å². The Kier molecular flexibility index (Phi) is 3.94. The van der Waals surface area contributed by atoms with Crippen molar-refractivity contribution in [3.05, 3.63) is 59.2 Å². The number of amides is 1. The van der Waals surface area contributed by atoms with E-state index in [0.717, 1.165) is 15.3 Å². The molecule has 1 N–H and O–H groups in total. The van der Waals surface area contributed by atoms with E-state index in [1.54, 1.807) is 23.9 Å². The van der Waals surface area contributed by atoms with Crippen LogP contribution >= 0.6 is 23.1 Å². The summed E-state index contributed by atoms with van der Waals surface area (Å²) in [5, 5.41) is 3.32. The number of benzene rings is 2. The molecule has 1 heterocycles. The Balaban J connectivity index is 1.84. The summed E-state index contributed by atoms with van der Waals surface area (Å²) in [7, 11) is 0. The first-order chi connectivity index (χ1) is 10.2. The number of hydrogen-bond donors (Lipinski definition) is 1. The van der Waals surface area contributed by atoms with Gasteiger partial charge in [-0.15, -0.1) is 23.1 Å². The van der Waals surface area contributed by atoms with Crippen molar-refractivity contribution in [3.63, 3.8) is 0 Å². The summed E-state index contributed by atoms with van der Waals surface area (Å²) in [4.78, 5) is 13.9. The second-order valence-electron chi connectivity index (χ2n) is 4.44. The molecule has 0 aliphatic rings. The van der Waals surface area contributed by atoms with Gasteiger partial charge in [-0.2, -0.15) is 0 Å². The Morgan fingerprint density at radius 2 is 1.95 bits per heavy atom. The highest BCUT2D eigenvalue weighted by Gasteiger charge is 2.12. The van der Waals surface area contributed by atoms with Crippen LogP contribution in [0.15, 0.2) is 53.4 Å². The standard InChI is InChI=1S/C16H12FNOS2/c1-20-11-7-5-10(6-8-11)18-16(19)15-9-12-13(17)3-2-4-14(12)21-15/h2-9H,1H3,(H,18,19). The van der Waals surface area contributed by atoms with Crippen molar-refractivity contribution in [3.8, 4) is 0 Å². The van der Waals surface area contributed by atoms with E-state index in [4.69, 9.17) is 0 Å². The number of rotatable bonds is 3. The second-order valence-corrected chi connectivity index (χ2v) is 6.41. The molecule has 3 aromatic rings. The smallest absolute Gasteiger partial charge is 0.265 e. The molecule has 5 heteroatoms. The minimum atomic E-state index is -0.299. The van der Waals surface area contributed by atoms with Crippen LogP contribution in [0.3, 0.4) is 0 Å². The third-order valence-electron chi connectivity index (χ3n) is 3.08. The van der Waals surface area contributed by atoms with Crippen molar-refractivity contribution >= 4 is 44.8 Å². The van der Waals surface area contributed by atoms with Crippen LogP contribution in [0, 0.1) is 5.82 Å². The average Bonchev–Trinajstić information content (AvgIpc) is 2.94. The van der Waals surface area contributed by atoms with E-state index in [1.165, 1.54) is 17.4 Å². The van der Waals surface area contributed by atoms with Gasteiger partial charge >= 0.3 is 0 Å². The van der Waals surface area contributed by atoms with Gasteiger partial charge in [-0.25, -0.2) is 4.39 Å². The van der Waals surface area contributed by atoms with Gasteiger partial charge < -0.3 is 5.32 Å². The molecular weight excluding hydrogens is 305 g/mol. The van der Waals surface area contributed by atoms with Crippen LogP contribution in [0.25, 0.3) is 10.1 Å². The van der Waals surface area contributed by atoms with Crippen LogP contribution in [0.5, 0.6) is 0 Å². The van der Waals surface area contributed by atoms with Gasteiger partial charge in [-0.1, -0.05) is 6.07 Å². The van der Waals surface area contributed by atoms with Gasteiger partial charge in [-0.05, 0) is 48.7 Å². The van der Waals surface area contributed by atoms with E-state index in [1.807, 2.05) is 36.6 Å². The molecule has 21 heavy (non-hydrogen) atoms. The van der Waals surface area contributed by atoms with Gasteiger partial charge in [0.2, 0.25) is 0 Å². The quantitative estimate of drug-likeness (QED) is 0.688. The van der Waals surface area contributed by atoms with E-state index < -0.39 is 0 Å². The maximum absolute atomic E-state index is 13.6. The Bertz CT molecular complexity index is 796. The zero-order chi connectivity index (χ0) is 14.8. The molecule has 106 valence electrons. The number of carbonyl (C=O) groups is 1. The summed E-state index contributed by atoms with van der Waals surface area (Å²) < 4.78 is 14.4. The number of fused-ring (bicyclic) bond motifs is 1. The van der Waals surface area contributed by atoms with Gasteiger partial charge in [0, 0.05) is 20.7 Å². The highest BCUT2D eigenvalue weighted by Crippen LogP contribution is 2.28. The minimum Gasteiger partial charge on any atom is -0.321 e. The highest BCUT2D eigenvalue weighted by molar-refractivity contribution is 7.98. The van der Waals surface area contributed by atoms with Gasteiger partial charge in [0.05, 0.1) is 4.88 Å². The van der Waals surface area contributed by atoms with Crippen LogP contribution < -0.4 is 5.32 Å². The lowest BCUT2D eigenvalue weighted by molar-refractivity contribution is 0.103. The predicted molar refractivity (Wildman–Crippen MR) is 88.0 cm³/mol. The number of thioether (sulfide) groups is 1. The summed E-state index contributed by atoms with van der Waals surface area (Å²) in [6.45, 7) is 0. The van der Waals surface area contributed by atoms with Crippen molar-refractivity contribution in [2.75, 3.05) is 11.6 Å². The molecule has 0 aliphatic heterocycles. The fraction of sp³-hybridized carbons (Fsp3) is 0.0625. The molecule has 0 saturated carbocycles. The third kappa shape index (κ3) is 2.94. The minimum absolute atomic E-state index is 0.215. The zero-order valence-electron chi connectivity index (χ0n) is 11.2. The van der Waals surface area contributed by atoms with Gasteiger partial charge in [0.1, 0.15) is 5.82 Å². The van der Waals surface area contributed by atoms with Crippen molar-refractivity contribution in [2.45, 2.75) is 4.90 Å². The maximum atomic E-state index is 13.6. The molecule has 0 spiro atoms. The SMILES string of the molecule is CSc1ccc(NC(=O)c2cc3c(F)cccc3s2)cc1. The summed E-state index contributed by atoms with van der Waals surface area (Å²) >= 11 is 2.94. The van der Waals surface area contributed by atoms with E-state index in [2.05, 4.69) is 5.32 Å². The summed E-state index contributed by atoms with van der Waals surface area (Å²) in [6, 6.07) is 14.1. The van der Waals surface area contributed by atoms with Crippen LogP contribution in [0.1, 0.15) is 9.67 Å². The Morgan fingerprint density at radius 3 is 2.62 bits per heavy atom. The Labute approximate surface area is 130 Å². The Hall–Kier alpha value is -1.85. The maximum Gasteiger partial charge on any atom is 0.265 e. The normalized spacial score (nSPS) is 10.8. The lowest BCUT2D eigenvalue weighted by Gasteiger charge is -2.04. The molecule has 3 rings (SSSR count). The molecule has 1 aromatic heterocycles. The molecule has 0 unspecified atom stereocenters. The second kappa shape index (κ2) is 5.87. The largest absolute Gasteiger partial charge is 0.321 e. The number of hydrogen-bond acceptors (Lipinski definition) is 3. The van der Waals surface area contributed by atoms with E-state index in [-0.39, 0.29) is 11.7 Å².